The first-order valence-corrected chi connectivity index (χ1v) is 7.89. The van der Waals surface area contributed by atoms with E-state index in [0.717, 1.165) is 23.5 Å². The Hall–Kier alpha value is -3.02. The van der Waals surface area contributed by atoms with Crippen LogP contribution in [0.4, 0.5) is 23.0 Å². The van der Waals surface area contributed by atoms with Gasteiger partial charge in [0.2, 0.25) is 5.95 Å². The summed E-state index contributed by atoms with van der Waals surface area (Å²) in [5, 5.41) is 6.34. The van der Waals surface area contributed by atoms with Gasteiger partial charge >= 0.3 is 0 Å². The summed E-state index contributed by atoms with van der Waals surface area (Å²) in [7, 11) is 0. The van der Waals surface area contributed by atoms with Crippen molar-refractivity contribution in [2.24, 2.45) is 5.92 Å². The lowest BCUT2D eigenvalue weighted by molar-refractivity contribution is 0.647. The quantitative estimate of drug-likeness (QED) is 0.716. The van der Waals surface area contributed by atoms with Gasteiger partial charge in [0.05, 0.1) is 36.2 Å². The van der Waals surface area contributed by atoms with E-state index in [1.165, 1.54) is 11.9 Å². The predicted molar refractivity (Wildman–Crippen MR) is 95.6 cm³/mol. The number of aromatic nitrogens is 4. The fourth-order valence-electron chi connectivity index (χ4n) is 2.31. The zero-order chi connectivity index (χ0) is 16.8. The van der Waals surface area contributed by atoms with Crippen molar-refractivity contribution in [2.75, 3.05) is 10.6 Å². The second-order valence-corrected chi connectivity index (χ2v) is 5.97. The van der Waals surface area contributed by atoms with Gasteiger partial charge in [0.1, 0.15) is 6.33 Å². The number of hydrogen-bond acceptors (Lipinski definition) is 6. The molecule has 0 aliphatic heterocycles. The summed E-state index contributed by atoms with van der Waals surface area (Å²) in [6, 6.07) is 8.37. The predicted octanol–water partition coefficient (Wildman–Crippen LogP) is 3.95. The molecular weight excluding hydrogens is 300 g/mol. The van der Waals surface area contributed by atoms with Gasteiger partial charge in [-0.05, 0) is 30.0 Å². The number of nitrogens with zero attached hydrogens (tertiary/aromatic N) is 4. The van der Waals surface area contributed by atoms with E-state index in [9.17, 15) is 0 Å². The van der Waals surface area contributed by atoms with E-state index >= 15 is 0 Å². The summed E-state index contributed by atoms with van der Waals surface area (Å²) in [6.45, 7) is 4.44. The second-order valence-electron chi connectivity index (χ2n) is 5.97. The fourth-order valence-corrected chi connectivity index (χ4v) is 2.31. The Balaban J connectivity index is 1.61. The summed E-state index contributed by atoms with van der Waals surface area (Å²) >= 11 is 0. The highest BCUT2D eigenvalue weighted by atomic mass is 15.1. The van der Waals surface area contributed by atoms with Crippen molar-refractivity contribution in [1.82, 2.24) is 19.9 Å². The smallest absolute Gasteiger partial charge is 0.227 e. The Morgan fingerprint density at radius 2 is 1.42 bits per heavy atom. The molecule has 2 aromatic heterocycles. The van der Waals surface area contributed by atoms with Gasteiger partial charge in [0.25, 0.3) is 0 Å². The molecular formula is C18H20N6. The molecule has 3 rings (SSSR count). The third-order valence-electron chi connectivity index (χ3n) is 3.36. The van der Waals surface area contributed by atoms with Crippen molar-refractivity contribution in [3.8, 4) is 0 Å². The molecule has 6 heteroatoms. The van der Waals surface area contributed by atoms with E-state index in [-0.39, 0.29) is 0 Å². The molecule has 0 atom stereocenters. The van der Waals surface area contributed by atoms with Crippen molar-refractivity contribution in [1.29, 1.82) is 0 Å². The molecule has 0 bridgehead atoms. The van der Waals surface area contributed by atoms with E-state index in [0.29, 0.717) is 11.9 Å². The van der Waals surface area contributed by atoms with Crippen LogP contribution < -0.4 is 10.6 Å². The van der Waals surface area contributed by atoms with E-state index in [4.69, 9.17) is 0 Å². The number of benzene rings is 1. The molecule has 0 unspecified atom stereocenters. The first-order chi connectivity index (χ1) is 11.7. The lowest BCUT2D eigenvalue weighted by atomic mass is 10.0. The second kappa shape index (κ2) is 7.50. The number of rotatable bonds is 6. The topological polar surface area (TPSA) is 75.6 Å². The highest BCUT2D eigenvalue weighted by Crippen LogP contribution is 2.17. The fraction of sp³-hybridized carbons (Fsp3) is 0.222. The minimum atomic E-state index is 0.557. The molecule has 2 heterocycles. The monoisotopic (exact) mass is 320 g/mol. The molecule has 122 valence electrons. The zero-order valence-corrected chi connectivity index (χ0v) is 13.8. The minimum Gasteiger partial charge on any atom is -0.350 e. The molecule has 1 aromatic carbocycles. The number of nitrogens with one attached hydrogen (secondary N) is 2. The van der Waals surface area contributed by atoms with Crippen LogP contribution in [0.5, 0.6) is 0 Å². The highest BCUT2D eigenvalue weighted by Gasteiger charge is 2.01. The van der Waals surface area contributed by atoms with Gasteiger partial charge in [-0.2, -0.15) is 0 Å². The Morgan fingerprint density at radius 3 is 2.04 bits per heavy atom. The van der Waals surface area contributed by atoms with Crippen molar-refractivity contribution < 1.29 is 0 Å². The Morgan fingerprint density at radius 1 is 0.792 bits per heavy atom. The molecule has 2 N–H and O–H groups in total. The number of anilines is 4. The largest absolute Gasteiger partial charge is 0.350 e. The van der Waals surface area contributed by atoms with Crippen LogP contribution in [0.3, 0.4) is 0 Å². The third-order valence-corrected chi connectivity index (χ3v) is 3.36. The molecule has 3 aromatic rings. The molecule has 0 aliphatic rings. The maximum Gasteiger partial charge on any atom is 0.227 e. The normalized spacial score (nSPS) is 10.6. The third kappa shape index (κ3) is 4.49. The molecule has 0 amide bonds. The summed E-state index contributed by atoms with van der Waals surface area (Å²) in [5.74, 6) is 1.21. The summed E-state index contributed by atoms with van der Waals surface area (Å²) in [6.07, 6.45) is 9.39. The van der Waals surface area contributed by atoms with Crippen molar-refractivity contribution in [3.05, 3.63) is 60.9 Å². The molecule has 0 spiro atoms. The highest BCUT2D eigenvalue weighted by molar-refractivity contribution is 5.58. The Bertz CT molecular complexity index is 754. The zero-order valence-electron chi connectivity index (χ0n) is 13.8. The van der Waals surface area contributed by atoms with Crippen LogP contribution in [0.15, 0.2) is 55.4 Å². The van der Waals surface area contributed by atoms with Crippen LogP contribution >= 0.6 is 0 Å². The standard InChI is InChI=1S/C18H20N6/c1-13(2)7-14-3-5-15(6-4-14)24-18-21-10-17(11-22-18)23-16-8-19-12-20-9-16/h3-6,8-13,23H,7H2,1-2H3,(H,21,22,24). The van der Waals surface area contributed by atoms with Crippen molar-refractivity contribution in [2.45, 2.75) is 20.3 Å². The maximum atomic E-state index is 4.32. The summed E-state index contributed by atoms with van der Waals surface area (Å²) in [4.78, 5) is 16.5. The van der Waals surface area contributed by atoms with Gasteiger partial charge in [0, 0.05) is 5.69 Å². The molecule has 0 fully saturated rings. The van der Waals surface area contributed by atoms with Gasteiger partial charge in [-0.3, -0.25) is 0 Å². The number of hydrogen-bond donors (Lipinski definition) is 2. The van der Waals surface area contributed by atoms with Gasteiger partial charge in [-0.15, -0.1) is 0 Å². The van der Waals surface area contributed by atoms with E-state index in [1.807, 2.05) is 0 Å². The Kier molecular flexibility index (Phi) is 4.96. The lowest BCUT2D eigenvalue weighted by Gasteiger charge is -2.09. The Labute approximate surface area is 141 Å². The van der Waals surface area contributed by atoms with Crippen LogP contribution in [0, 0.1) is 5.92 Å². The van der Waals surface area contributed by atoms with E-state index in [2.05, 4.69) is 68.7 Å². The molecule has 0 aliphatic carbocycles. The first kappa shape index (κ1) is 15.9. The first-order valence-electron chi connectivity index (χ1n) is 7.89. The van der Waals surface area contributed by atoms with E-state index < -0.39 is 0 Å². The van der Waals surface area contributed by atoms with Crippen LogP contribution in [-0.4, -0.2) is 19.9 Å². The summed E-state index contributed by atoms with van der Waals surface area (Å²) < 4.78 is 0. The molecule has 0 saturated carbocycles. The van der Waals surface area contributed by atoms with Crippen LogP contribution in [0.25, 0.3) is 0 Å². The van der Waals surface area contributed by atoms with Gasteiger partial charge in [-0.25, -0.2) is 19.9 Å². The van der Waals surface area contributed by atoms with Crippen molar-refractivity contribution >= 4 is 23.0 Å². The maximum absolute atomic E-state index is 4.32. The summed E-state index contributed by atoms with van der Waals surface area (Å²) in [5.41, 5.74) is 3.88. The van der Waals surface area contributed by atoms with E-state index in [1.54, 1.807) is 24.8 Å². The van der Waals surface area contributed by atoms with Crippen molar-refractivity contribution in [3.63, 3.8) is 0 Å². The molecule has 24 heavy (non-hydrogen) atoms. The average Bonchev–Trinajstić information content (AvgIpc) is 2.59. The van der Waals surface area contributed by atoms with Gasteiger partial charge in [0.15, 0.2) is 0 Å². The minimum absolute atomic E-state index is 0.557. The van der Waals surface area contributed by atoms with Crippen LogP contribution in [0.1, 0.15) is 19.4 Å². The average molecular weight is 320 g/mol. The van der Waals surface area contributed by atoms with Gasteiger partial charge < -0.3 is 10.6 Å². The molecule has 0 saturated heterocycles. The molecule has 6 nitrogen and oxygen atoms in total. The van der Waals surface area contributed by atoms with Crippen LogP contribution in [-0.2, 0) is 6.42 Å². The van der Waals surface area contributed by atoms with Crippen LogP contribution in [0.2, 0.25) is 0 Å². The SMILES string of the molecule is CC(C)Cc1ccc(Nc2ncc(Nc3cncnc3)cn2)cc1. The van der Waals surface area contributed by atoms with Gasteiger partial charge in [-0.1, -0.05) is 26.0 Å². The molecule has 0 radical (unpaired) electrons. The lowest BCUT2D eigenvalue weighted by Crippen LogP contribution is -1.99.